The fourth-order valence-electron chi connectivity index (χ4n) is 9.39. The zero-order valence-corrected chi connectivity index (χ0v) is 28.5. The molecule has 0 aromatic heterocycles. The molecule has 0 aliphatic heterocycles. The molecule has 0 amide bonds. The van der Waals surface area contributed by atoms with E-state index >= 15 is 0 Å². The highest BCUT2D eigenvalue weighted by atomic mass is 15.1. The van der Waals surface area contributed by atoms with Crippen molar-refractivity contribution in [2.75, 3.05) is 4.90 Å². The van der Waals surface area contributed by atoms with Gasteiger partial charge in [-0.3, -0.25) is 0 Å². The van der Waals surface area contributed by atoms with Crippen molar-refractivity contribution in [1.29, 1.82) is 0 Å². The molecule has 0 saturated heterocycles. The van der Waals surface area contributed by atoms with E-state index in [0.717, 1.165) is 17.1 Å². The molecule has 52 heavy (non-hydrogen) atoms. The second kappa shape index (κ2) is 11.2. The topological polar surface area (TPSA) is 3.24 Å². The highest BCUT2D eigenvalue weighted by molar-refractivity contribution is 6.07. The van der Waals surface area contributed by atoms with Gasteiger partial charge in [0.1, 0.15) is 0 Å². The molecule has 1 atom stereocenters. The van der Waals surface area contributed by atoms with Crippen LogP contribution in [0.25, 0.3) is 54.9 Å². The van der Waals surface area contributed by atoms with Crippen molar-refractivity contribution in [2.24, 2.45) is 0 Å². The second-order valence-electron chi connectivity index (χ2n) is 14.0. The monoisotopic (exact) mass is 659 g/mol. The standard InChI is InChI=1S/C51H33N/c1-2-18-36(19-3-1)52(49-28-14-17-34-15-4-6-20-38(34)49)37-30-31-43-41-23-9-8-22-40(41)42-24-10-12-26-45(42)51(48(43)33-37)46-27-13-11-25-44(46)50-39-21-7-5-16-35(39)29-32-47(50)51/h1-33H. The molecule has 2 aliphatic rings. The van der Waals surface area contributed by atoms with Gasteiger partial charge in [-0.25, -0.2) is 0 Å². The molecule has 0 saturated carbocycles. The number of para-hydroxylation sites is 1. The molecule has 0 heterocycles. The van der Waals surface area contributed by atoms with Gasteiger partial charge in [-0.1, -0.05) is 170 Å². The van der Waals surface area contributed by atoms with E-state index < -0.39 is 5.41 Å². The van der Waals surface area contributed by atoms with Crippen molar-refractivity contribution in [3.05, 3.63) is 222 Å². The quantitative estimate of drug-likeness (QED) is 0.182. The minimum Gasteiger partial charge on any atom is -0.310 e. The van der Waals surface area contributed by atoms with Gasteiger partial charge in [-0.2, -0.15) is 0 Å². The molecular formula is C51H33N. The Bertz CT molecular complexity index is 2860. The van der Waals surface area contributed by atoms with Crippen molar-refractivity contribution < 1.29 is 0 Å². The highest BCUT2D eigenvalue weighted by Crippen LogP contribution is 2.63. The van der Waals surface area contributed by atoms with Crippen LogP contribution in [0.15, 0.2) is 200 Å². The lowest BCUT2D eigenvalue weighted by Crippen LogP contribution is -2.29. The fraction of sp³-hybridized carbons (Fsp3) is 0.0196. The average Bonchev–Trinajstić information content (AvgIpc) is 3.47. The molecule has 0 N–H and O–H groups in total. The van der Waals surface area contributed by atoms with E-state index in [1.165, 1.54) is 77.2 Å². The maximum atomic E-state index is 2.50. The van der Waals surface area contributed by atoms with Crippen LogP contribution < -0.4 is 4.90 Å². The van der Waals surface area contributed by atoms with Crippen molar-refractivity contribution in [3.63, 3.8) is 0 Å². The lowest BCUT2D eigenvalue weighted by atomic mass is 9.65. The largest absolute Gasteiger partial charge is 0.310 e. The smallest absolute Gasteiger partial charge is 0.0726 e. The fourth-order valence-corrected chi connectivity index (χ4v) is 9.39. The van der Waals surface area contributed by atoms with Gasteiger partial charge in [-0.05, 0) is 102 Å². The van der Waals surface area contributed by atoms with Crippen molar-refractivity contribution in [3.8, 4) is 33.4 Å². The maximum absolute atomic E-state index is 2.50. The third-order valence-corrected chi connectivity index (χ3v) is 11.5. The van der Waals surface area contributed by atoms with E-state index in [1.807, 2.05) is 0 Å². The second-order valence-corrected chi connectivity index (χ2v) is 14.0. The molecule has 1 nitrogen and oxygen atoms in total. The third-order valence-electron chi connectivity index (χ3n) is 11.5. The van der Waals surface area contributed by atoms with E-state index in [-0.39, 0.29) is 0 Å². The molecule has 9 aromatic rings. The van der Waals surface area contributed by atoms with Crippen LogP contribution in [-0.4, -0.2) is 0 Å². The van der Waals surface area contributed by atoms with Crippen LogP contribution in [0.2, 0.25) is 0 Å². The number of hydrogen-bond acceptors (Lipinski definition) is 1. The summed E-state index contributed by atoms with van der Waals surface area (Å²) in [6.45, 7) is 0. The van der Waals surface area contributed by atoms with E-state index in [2.05, 4.69) is 205 Å². The van der Waals surface area contributed by atoms with Gasteiger partial charge in [-0.15, -0.1) is 0 Å². The van der Waals surface area contributed by atoms with Crippen LogP contribution in [0.3, 0.4) is 0 Å². The molecular weight excluding hydrogens is 627 g/mol. The summed E-state index contributed by atoms with van der Waals surface area (Å²) in [4.78, 5) is 2.45. The molecule has 11 rings (SSSR count). The number of hydrogen-bond donors (Lipinski definition) is 0. The van der Waals surface area contributed by atoms with Crippen molar-refractivity contribution in [2.45, 2.75) is 5.41 Å². The number of benzene rings is 9. The van der Waals surface area contributed by atoms with E-state index in [4.69, 9.17) is 0 Å². The van der Waals surface area contributed by atoms with E-state index in [0.29, 0.717) is 0 Å². The number of fused-ring (bicyclic) bond motifs is 15. The zero-order valence-electron chi connectivity index (χ0n) is 28.5. The summed E-state index contributed by atoms with van der Waals surface area (Å²) in [5.41, 5.74) is 15.8. The van der Waals surface area contributed by atoms with Crippen LogP contribution in [0, 0.1) is 0 Å². The lowest BCUT2D eigenvalue weighted by Gasteiger charge is -2.36. The van der Waals surface area contributed by atoms with Gasteiger partial charge in [0, 0.05) is 16.8 Å². The molecule has 1 unspecified atom stereocenters. The van der Waals surface area contributed by atoms with Gasteiger partial charge in [0.2, 0.25) is 0 Å². The summed E-state index contributed by atoms with van der Waals surface area (Å²) in [5, 5.41) is 5.00. The summed E-state index contributed by atoms with van der Waals surface area (Å²) in [5.74, 6) is 0. The van der Waals surface area contributed by atoms with Gasteiger partial charge in [0.15, 0.2) is 0 Å². The Morgan fingerprint density at radius 2 is 0.865 bits per heavy atom. The highest BCUT2D eigenvalue weighted by Gasteiger charge is 2.50. The van der Waals surface area contributed by atoms with Gasteiger partial charge < -0.3 is 4.90 Å². The minimum atomic E-state index is -0.571. The predicted molar refractivity (Wildman–Crippen MR) is 218 cm³/mol. The van der Waals surface area contributed by atoms with E-state index in [1.54, 1.807) is 0 Å². The first kappa shape index (κ1) is 29.1. The molecule has 9 aromatic carbocycles. The summed E-state index contributed by atoms with van der Waals surface area (Å²) < 4.78 is 0. The molecule has 2 aliphatic carbocycles. The Labute approximate surface area is 303 Å². The first-order valence-electron chi connectivity index (χ1n) is 18.1. The lowest BCUT2D eigenvalue weighted by molar-refractivity contribution is 0.776. The van der Waals surface area contributed by atoms with Crippen LogP contribution in [0.5, 0.6) is 0 Å². The van der Waals surface area contributed by atoms with Crippen LogP contribution in [0.1, 0.15) is 22.3 Å². The number of nitrogens with zero attached hydrogens (tertiary/aromatic N) is 1. The van der Waals surface area contributed by atoms with Gasteiger partial charge in [0.05, 0.1) is 11.1 Å². The van der Waals surface area contributed by atoms with E-state index in [9.17, 15) is 0 Å². The first-order valence-corrected chi connectivity index (χ1v) is 18.1. The normalized spacial score (nSPS) is 15.0. The average molecular weight is 660 g/mol. The van der Waals surface area contributed by atoms with Crippen LogP contribution in [-0.2, 0) is 5.41 Å². The van der Waals surface area contributed by atoms with Crippen LogP contribution >= 0.6 is 0 Å². The Morgan fingerprint density at radius 1 is 0.308 bits per heavy atom. The summed E-state index contributed by atoms with van der Waals surface area (Å²) >= 11 is 0. The number of anilines is 3. The van der Waals surface area contributed by atoms with Crippen molar-refractivity contribution in [1.82, 2.24) is 0 Å². The molecule has 0 bridgehead atoms. The van der Waals surface area contributed by atoms with Crippen LogP contribution in [0.4, 0.5) is 17.1 Å². The number of rotatable bonds is 3. The molecule has 1 heteroatoms. The Morgan fingerprint density at radius 3 is 1.63 bits per heavy atom. The van der Waals surface area contributed by atoms with Crippen molar-refractivity contribution >= 4 is 38.6 Å². The summed E-state index contributed by atoms with van der Waals surface area (Å²) in [6, 6.07) is 74.3. The molecule has 0 radical (unpaired) electrons. The Hall–Kier alpha value is -6.70. The summed E-state index contributed by atoms with van der Waals surface area (Å²) in [7, 11) is 0. The summed E-state index contributed by atoms with van der Waals surface area (Å²) in [6.07, 6.45) is 0. The first-order chi connectivity index (χ1) is 25.8. The maximum Gasteiger partial charge on any atom is 0.0726 e. The molecule has 242 valence electrons. The van der Waals surface area contributed by atoms with Gasteiger partial charge in [0.25, 0.3) is 0 Å². The zero-order chi connectivity index (χ0) is 34.2. The molecule has 0 fully saturated rings. The predicted octanol–water partition coefficient (Wildman–Crippen LogP) is 13.5. The van der Waals surface area contributed by atoms with Gasteiger partial charge >= 0.3 is 0 Å². The Kier molecular flexibility index (Phi) is 6.23. The Balaban J connectivity index is 1.31. The molecule has 1 spiro atoms. The SMILES string of the molecule is c1ccc(N(c2ccc3c(c2)C2(c4ccccc4-c4ccccc4-3)c3ccccc3-c3c2ccc2ccccc32)c2cccc3ccccc23)cc1. The third kappa shape index (κ3) is 3.94. The minimum absolute atomic E-state index is 0.571.